The molecule has 1 N–H and O–H groups in total. The van der Waals surface area contributed by atoms with Crippen LogP contribution in [-0.4, -0.2) is 21.6 Å². The van der Waals surface area contributed by atoms with Gasteiger partial charge in [0.05, 0.1) is 13.1 Å². The van der Waals surface area contributed by atoms with Crippen LogP contribution >= 0.6 is 0 Å². The lowest BCUT2D eigenvalue weighted by Crippen LogP contribution is -2.24. The molecule has 0 saturated heterocycles. The first-order chi connectivity index (χ1) is 12.7. The highest BCUT2D eigenvalue weighted by Gasteiger charge is 2.23. The second-order valence-corrected chi connectivity index (χ2v) is 7.04. The number of nitrogens with zero attached hydrogens (tertiary/aromatic N) is 2. The number of carbonyl (C=O) groups excluding carboxylic acids is 1. The summed E-state index contributed by atoms with van der Waals surface area (Å²) in [5.74, 6) is 0.0288. The van der Waals surface area contributed by atoms with Crippen molar-refractivity contribution in [3.63, 3.8) is 0 Å². The minimum atomic E-state index is 0.0288. The van der Waals surface area contributed by atoms with Crippen molar-refractivity contribution in [2.75, 3.05) is 6.54 Å². The summed E-state index contributed by atoms with van der Waals surface area (Å²) < 4.78 is 4.89. The molecule has 4 heteroatoms. The van der Waals surface area contributed by atoms with E-state index in [1.807, 2.05) is 0 Å². The van der Waals surface area contributed by atoms with Gasteiger partial charge >= 0.3 is 0 Å². The Morgan fingerprint density at radius 3 is 2.62 bits per heavy atom. The van der Waals surface area contributed by atoms with Crippen molar-refractivity contribution in [1.82, 2.24) is 14.5 Å². The maximum Gasteiger partial charge on any atom is 0.216 e. The van der Waals surface area contributed by atoms with E-state index in [9.17, 15) is 4.79 Å². The van der Waals surface area contributed by atoms with Crippen molar-refractivity contribution in [3.05, 3.63) is 71.5 Å². The topological polar surface area (TPSA) is 39.0 Å². The second-order valence-electron chi connectivity index (χ2n) is 7.04. The number of aromatic nitrogens is 2. The van der Waals surface area contributed by atoms with Crippen molar-refractivity contribution in [2.45, 2.75) is 26.4 Å². The van der Waals surface area contributed by atoms with E-state index >= 15 is 0 Å². The van der Waals surface area contributed by atoms with Crippen molar-refractivity contribution in [3.8, 4) is 0 Å². The highest BCUT2D eigenvalue weighted by molar-refractivity contribution is 5.87. The number of nitrogens with one attached hydrogen (secondary N) is 1. The Morgan fingerprint density at radius 1 is 1.00 bits per heavy atom. The smallest absolute Gasteiger partial charge is 0.216 e. The number of hydrogen-bond donors (Lipinski definition) is 1. The molecule has 2 aromatic heterocycles. The summed E-state index contributed by atoms with van der Waals surface area (Å²) in [6.45, 7) is 4.03. The predicted octanol–water partition coefficient (Wildman–Crippen LogP) is 3.68. The molecule has 1 amide bonds. The normalized spacial score (nSPS) is 13.0. The van der Waals surface area contributed by atoms with E-state index in [-0.39, 0.29) is 5.91 Å². The zero-order valence-corrected chi connectivity index (χ0v) is 14.8. The lowest BCUT2D eigenvalue weighted by molar-refractivity contribution is -0.118. The third kappa shape index (κ3) is 2.25. The van der Waals surface area contributed by atoms with Gasteiger partial charge in [-0.05, 0) is 35.6 Å². The molecule has 0 aliphatic carbocycles. The van der Waals surface area contributed by atoms with Crippen molar-refractivity contribution >= 4 is 27.7 Å². The van der Waals surface area contributed by atoms with Crippen LogP contribution in [0.4, 0.5) is 0 Å². The molecule has 0 fully saturated rings. The molecule has 4 aromatic rings. The Labute approximate surface area is 152 Å². The van der Waals surface area contributed by atoms with Crippen LogP contribution in [0.3, 0.4) is 0 Å². The monoisotopic (exact) mass is 343 g/mol. The Balaban J connectivity index is 1.64. The number of para-hydroxylation sites is 2. The Bertz CT molecular complexity index is 1150. The Morgan fingerprint density at radius 2 is 1.77 bits per heavy atom. The summed E-state index contributed by atoms with van der Waals surface area (Å²) >= 11 is 0. The molecular weight excluding hydrogens is 322 g/mol. The van der Waals surface area contributed by atoms with Gasteiger partial charge in [0.2, 0.25) is 5.91 Å². The minimum Gasteiger partial charge on any atom is -0.356 e. The number of amides is 1. The van der Waals surface area contributed by atoms with Crippen molar-refractivity contribution < 1.29 is 4.79 Å². The minimum absolute atomic E-state index is 0.0288. The van der Waals surface area contributed by atoms with Gasteiger partial charge in [0, 0.05) is 41.3 Å². The fourth-order valence-electron chi connectivity index (χ4n) is 4.33. The molecule has 0 bridgehead atoms. The van der Waals surface area contributed by atoms with Crippen LogP contribution in [0.5, 0.6) is 0 Å². The maximum absolute atomic E-state index is 11.3. The van der Waals surface area contributed by atoms with E-state index in [0.717, 1.165) is 19.5 Å². The Hall–Kier alpha value is -3.01. The number of rotatable bonds is 3. The summed E-state index contributed by atoms with van der Waals surface area (Å²) in [6.07, 6.45) is 0.858. The van der Waals surface area contributed by atoms with E-state index in [1.54, 1.807) is 6.92 Å². The molecule has 2 aromatic carbocycles. The molecule has 5 rings (SSSR count). The first kappa shape index (κ1) is 15.3. The molecule has 1 aliphatic heterocycles. The first-order valence-corrected chi connectivity index (χ1v) is 9.13. The lowest BCUT2D eigenvalue weighted by atomic mass is 10.1. The van der Waals surface area contributed by atoms with Gasteiger partial charge < -0.3 is 14.5 Å². The summed E-state index contributed by atoms with van der Waals surface area (Å²) in [5, 5.41) is 5.56. The van der Waals surface area contributed by atoms with E-state index in [1.165, 1.54) is 38.8 Å². The number of fused-ring (bicyclic) bond motifs is 6. The fourth-order valence-corrected chi connectivity index (χ4v) is 4.33. The molecule has 0 atom stereocenters. The standard InChI is InChI=1S/C22H21N3O/c1-15(26)23-11-10-19-18-7-3-5-9-21(18)25-13-17-12-16-6-2-4-8-20(16)24(17)14-22(19)25/h2-9,12H,10-11,13-14H2,1H3,(H,23,26). The van der Waals surface area contributed by atoms with Gasteiger partial charge in [-0.2, -0.15) is 0 Å². The second kappa shape index (κ2) is 5.77. The van der Waals surface area contributed by atoms with Crippen LogP contribution < -0.4 is 5.32 Å². The zero-order chi connectivity index (χ0) is 17.7. The van der Waals surface area contributed by atoms with Crippen LogP contribution in [0.2, 0.25) is 0 Å². The van der Waals surface area contributed by atoms with Crippen molar-refractivity contribution in [2.24, 2.45) is 0 Å². The summed E-state index contributed by atoms with van der Waals surface area (Å²) in [5.41, 5.74) is 6.67. The van der Waals surface area contributed by atoms with Crippen LogP contribution in [-0.2, 0) is 24.3 Å². The number of carbonyl (C=O) groups is 1. The molecule has 0 radical (unpaired) electrons. The summed E-state index contributed by atoms with van der Waals surface area (Å²) in [4.78, 5) is 11.3. The third-order valence-corrected chi connectivity index (χ3v) is 5.47. The van der Waals surface area contributed by atoms with Gasteiger partial charge in [0.1, 0.15) is 0 Å². The fraction of sp³-hybridized carbons (Fsp3) is 0.227. The molecule has 4 nitrogen and oxygen atoms in total. The van der Waals surface area contributed by atoms with Crippen LogP contribution in [0, 0.1) is 0 Å². The van der Waals surface area contributed by atoms with Gasteiger partial charge in [-0.3, -0.25) is 4.79 Å². The van der Waals surface area contributed by atoms with Gasteiger partial charge in [-0.15, -0.1) is 0 Å². The van der Waals surface area contributed by atoms with Crippen LogP contribution in [0.15, 0.2) is 54.6 Å². The largest absolute Gasteiger partial charge is 0.356 e. The van der Waals surface area contributed by atoms with E-state index in [2.05, 4.69) is 69.0 Å². The molecule has 0 saturated carbocycles. The van der Waals surface area contributed by atoms with E-state index in [4.69, 9.17) is 0 Å². The molecule has 3 heterocycles. The van der Waals surface area contributed by atoms with Crippen molar-refractivity contribution in [1.29, 1.82) is 0 Å². The SMILES string of the molecule is CC(=O)NCCc1c2n(c3ccccc13)Cc1cc3ccccc3n1C2. The zero-order valence-electron chi connectivity index (χ0n) is 14.8. The maximum atomic E-state index is 11.3. The van der Waals surface area contributed by atoms with Crippen LogP contribution in [0.25, 0.3) is 21.8 Å². The average Bonchev–Trinajstić information content (AvgIpc) is 3.16. The van der Waals surface area contributed by atoms with Gasteiger partial charge in [0.15, 0.2) is 0 Å². The predicted molar refractivity (Wildman–Crippen MR) is 104 cm³/mol. The highest BCUT2D eigenvalue weighted by atomic mass is 16.1. The van der Waals surface area contributed by atoms with E-state index in [0.29, 0.717) is 6.54 Å². The lowest BCUT2D eigenvalue weighted by Gasteiger charge is -2.22. The molecule has 0 spiro atoms. The average molecular weight is 343 g/mol. The summed E-state index contributed by atoms with van der Waals surface area (Å²) in [6, 6.07) is 19.5. The molecule has 26 heavy (non-hydrogen) atoms. The van der Waals surface area contributed by atoms with E-state index < -0.39 is 0 Å². The number of benzene rings is 2. The molecular formula is C22H21N3O. The quantitative estimate of drug-likeness (QED) is 0.533. The molecule has 0 unspecified atom stereocenters. The number of hydrogen-bond acceptors (Lipinski definition) is 1. The Kier molecular flexibility index (Phi) is 3.38. The highest BCUT2D eigenvalue weighted by Crippen LogP contribution is 2.33. The third-order valence-electron chi connectivity index (χ3n) is 5.47. The van der Waals surface area contributed by atoms with Gasteiger partial charge in [0.25, 0.3) is 0 Å². The summed E-state index contributed by atoms with van der Waals surface area (Å²) in [7, 11) is 0. The molecule has 1 aliphatic rings. The van der Waals surface area contributed by atoms with Gasteiger partial charge in [-0.25, -0.2) is 0 Å². The first-order valence-electron chi connectivity index (χ1n) is 9.13. The van der Waals surface area contributed by atoms with Crippen LogP contribution in [0.1, 0.15) is 23.9 Å². The van der Waals surface area contributed by atoms with Gasteiger partial charge in [-0.1, -0.05) is 36.4 Å². The molecule has 130 valence electrons.